The molecule has 0 radical (unpaired) electrons. The first-order chi connectivity index (χ1) is 8.27. The summed E-state index contributed by atoms with van der Waals surface area (Å²) >= 11 is 5.38. The molecule has 1 heterocycles. The molecule has 2 aliphatic rings. The average molecular weight is 252 g/mol. The summed E-state index contributed by atoms with van der Waals surface area (Å²) in [6, 6.07) is 5.77. The molecule has 2 saturated carbocycles. The first kappa shape index (κ1) is 12.6. The van der Waals surface area contributed by atoms with Crippen LogP contribution in [-0.2, 0) is 10.2 Å². The minimum atomic E-state index is -0.0821. The second-order valence-electron chi connectivity index (χ2n) is 4.70. The highest BCUT2D eigenvalue weighted by Crippen LogP contribution is 2.71. The lowest BCUT2D eigenvalue weighted by Gasteiger charge is -1.98. The van der Waals surface area contributed by atoms with Crippen LogP contribution in [0.25, 0.3) is 0 Å². The van der Waals surface area contributed by atoms with Gasteiger partial charge in [-0.25, -0.2) is 0 Å². The number of fused-ring (bicyclic) bond motifs is 1. The highest BCUT2D eigenvalue weighted by atomic mass is 35.5. The van der Waals surface area contributed by atoms with Crippen molar-refractivity contribution in [1.82, 2.24) is 4.98 Å². The zero-order valence-corrected chi connectivity index (χ0v) is 10.9. The molecule has 0 N–H and O–H groups in total. The molecule has 0 aliphatic heterocycles. The Labute approximate surface area is 107 Å². The summed E-state index contributed by atoms with van der Waals surface area (Å²) in [6.07, 6.45) is 6.53. The van der Waals surface area contributed by atoms with Crippen LogP contribution in [0.2, 0.25) is 0 Å². The quantitative estimate of drug-likeness (QED) is 0.607. The SMILES string of the molecule is CCCCCCl.O=C1C2CC12c1ccccn1. The zero-order chi connectivity index (χ0) is 12.3. The fourth-order valence-electron chi connectivity index (χ4n) is 2.12. The van der Waals surface area contributed by atoms with E-state index in [0.29, 0.717) is 11.7 Å². The number of alkyl halides is 1. The Bertz CT molecular complexity index is 388. The first-order valence-electron chi connectivity index (χ1n) is 6.29. The molecule has 2 fully saturated rings. The maximum absolute atomic E-state index is 11.0. The Hall–Kier alpha value is -0.890. The number of rotatable bonds is 4. The number of carbonyl (C=O) groups is 1. The second kappa shape index (κ2) is 5.18. The summed E-state index contributed by atoms with van der Waals surface area (Å²) in [7, 11) is 0. The fourth-order valence-corrected chi connectivity index (χ4v) is 2.31. The van der Waals surface area contributed by atoms with Crippen LogP contribution in [-0.4, -0.2) is 16.6 Å². The third kappa shape index (κ3) is 2.37. The summed E-state index contributed by atoms with van der Waals surface area (Å²) in [5, 5.41) is 0. The van der Waals surface area contributed by atoms with Crippen LogP contribution >= 0.6 is 11.6 Å². The molecule has 0 saturated heterocycles. The number of ketones is 1. The van der Waals surface area contributed by atoms with Gasteiger partial charge in [0.1, 0.15) is 5.78 Å². The molecule has 0 amide bonds. The van der Waals surface area contributed by atoms with E-state index in [9.17, 15) is 4.79 Å². The molecule has 92 valence electrons. The lowest BCUT2D eigenvalue weighted by Crippen LogP contribution is -2.03. The Morgan fingerprint density at radius 2 is 2.24 bits per heavy atom. The minimum absolute atomic E-state index is 0.0821. The van der Waals surface area contributed by atoms with Gasteiger partial charge in [-0.2, -0.15) is 0 Å². The van der Waals surface area contributed by atoms with Gasteiger partial charge in [-0.1, -0.05) is 25.8 Å². The number of hydrogen-bond acceptors (Lipinski definition) is 2. The third-order valence-electron chi connectivity index (χ3n) is 3.49. The van der Waals surface area contributed by atoms with Crippen LogP contribution in [0.4, 0.5) is 0 Å². The first-order valence-corrected chi connectivity index (χ1v) is 6.82. The number of carbonyl (C=O) groups excluding carboxylic acids is 1. The van der Waals surface area contributed by atoms with E-state index >= 15 is 0 Å². The van der Waals surface area contributed by atoms with Crippen molar-refractivity contribution >= 4 is 17.4 Å². The molecule has 1 aromatic heterocycles. The second-order valence-corrected chi connectivity index (χ2v) is 5.08. The van der Waals surface area contributed by atoms with Crippen LogP contribution < -0.4 is 0 Å². The predicted octanol–water partition coefficient (Wildman–Crippen LogP) is 3.34. The van der Waals surface area contributed by atoms with Crippen molar-refractivity contribution in [3.63, 3.8) is 0 Å². The molecule has 1 aromatic rings. The number of pyridine rings is 1. The number of nitrogens with zero attached hydrogens (tertiary/aromatic N) is 1. The maximum Gasteiger partial charge on any atom is 0.150 e. The standard InChI is InChI=1S/C9H7NO.C5H11Cl/c11-8-6-5-9(6,8)7-3-1-2-4-10-7;1-2-3-4-5-6/h1-4,6H,5H2;2-5H2,1H3. The van der Waals surface area contributed by atoms with Crippen molar-refractivity contribution in [2.45, 2.75) is 38.0 Å². The zero-order valence-electron chi connectivity index (χ0n) is 10.2. The van der Waals surface area contributed by atoms with Crippen molar-refractivity contribution in [3.8, 4) is 0 Å². The van der Waals surface area contributed by atoms with E-state index in [0.717, 1.165) is 18.0 Å². The van der Waals surface area contributed by atoms with Crippen LogP contribution in [0.5, 0.6) is 0 Å². The van der Waals surface area contributed by atoms with E-state index in [-0.39, 0.29) is 5.41 Å². The van der Waals surface area contributed by atoms with Crippen LogP contribution in [0.15, 0.2) is 24.4 Å². The Morgan fingerprint density at radius 3 is 2.59 bits per heavy atom. The predicted molar refractivity (Wildman–Crippen MR) is 69.3 cm³/mol. The molecule has 3 rings (SSSR count). The molecule has 2 nitrogen and oxygen atoms in total. The minimum Gasteiger partial charge on any atom is -0.298 e. The summed E-state index contributed by atoms with van der Waals surface area (Å²) in [5.74, 6) is 1.57. The molecule has 3 heteroatoms. The number of aromatic nitrogens is 1. The Balaban J connectivity index is 0.000000157. The number of Topliss-reactive ketones (excluding diaryl/α,β-unsaturated/α-hetero) is 1. The van der Waals surface area contributed by atoms with E-state index in [1.807, 2.05) is 18.2 Å². The molecular weight excluding hydrogens is 234 g/mol. The largest absolute Gasteiger partial charge is 0.298 e. The van der Waals surface area contributed by atoms with E-state index in [1.165, 1.54) is 19.3 Å². The smallest absolute Gasteiger partial charge is 0.150 e. The number of hydrogen-bond donors (Lipinski definition) is 0. The summed E-state index contributed by atoms with van der Waals surface area (Å²) in [4.78, 5) is 15.2. The van der Waals surface area contributed by atoms with Crippen LogP contribution in [0.1, 0.15) is 38.3 Å². The van der Waals surface area contributed by atoms with Gasteiger partial charge >= 0.3 is 0 Å². The van der Waals surface area contributed by atoms with Crippen molar-refractivity contribution in [3.05, 3.63) is 30.1 Å². The van der Waals surface area contributed by atoms with Gasteiger partial charge in [0, 0.05) is 18.0 Å². The molecule has 2 unspecified atom stereocenters. The molecule has 0 aromatic carbocycles. The highest BCUT2D eigenvalue weighted by molar-refractivity contribution is 6.17. The van der Waals surface area contributed by atoms with Gasteiger partial charge in [-0.15, -0.1) is 11.6 Å². The van der Waals surface area contributed by atoms with E-state index in [2.05, 4.69) is 11.9 Å². The lowest BCUT2D eigenvalue weighted by atomic mass is 10.1. The Morgan fingerprint density at radius 1 is 1.47 bits per heavy atom. The monoisotopic (exact) mass is 251 g/mol. The van der Waals surface area contributed by atoms with Gasteiger partial charge in [0.05, 0.1) is 11.1 Å². The Kier molecular flexibility index (Phi) is 3.82. The number of halogens is 1. The average Bonchev–Trinajstić information content (AvgIpc) is 3.26. The van der Waals surface area contributed by atoms with E-state index in [4.69, 9.17) is 11.6 Å². The van der Waals surface area contributed by atoms with Crippen LogP contribution in [0, 0.1) is 5.92 Å². The van der Waals surface area contributed by atoms with Gasteiger partial charge in [0.15, 0.2) is 0 Å². The van der Waals surface area contributed by atoms with Crippen molar-refractivity contribution in [2.24, 2.45) is 5.92 Å². The van der Waals surface area contributed by atoms with Crippen molar-refractivity contribution in [2.75, 3.05) is 5.88 Å². The van der Waals surface area contributed by atoms with Gasteiger partial charge in [0.2, 0.25) is 0 Å². The van der Waals surface area contributed by atoms with Gasteiger partial charge in [-0.3, -0.25) is 9.78 Å². The van der Waals surface area contributed by atoms with Crippen molar-refractivity contribution < 1.29 is 4.79 Å². The molecular formula is C14H18ClNO. The molecule has 17 heavy (non-hydrogen) atoms. The van der Waals surface area contributed by atoms with E-state index < -0.39 is 0 Å². The maximum atomic E-state index is 11.0. The topological polar surface area (TPSA) is 30.0 Å². The lowest BCUT2D eigenvalue weighted by molar-refractivity contribution is -0.114. The normalized spacial score (nSPS) is 27.9. The molecule has 0 bridgehead atoms. The molecule has 0 spiro atoms. The van der Waals surface area contributed by atoms with Gasteiger partial charge < -0.3 is 0 Å². The van der Waals surface area contributed by atoms with Gasteiger partial charge in [-0.05, 0) is 25.0 Å². The van der Waals surface area contributed by atoms with Crippen molar-refractivity contribution in [1.29, 1.82) is 0 Å². The number of unbranched alkanes of at least 4 members (excludes halogenated alkanes) is 2. The fraction of sp³-hybridized carbons (Fsp3) is 0.571. The summed E-state index contributed by atoms with van der Waals surface area (Å²) in [6.45, 7) is 2.17. The molecule has 2 aliphatic carbocycles. The third-order valence-corrected chi connectivity index (χ3v) is 3.76. The van der Waals surface area contributed by atoms with Gasteiger partial charge in [0.25, 0.3) is 0 Å². The van der Waals surface area contributed by atoms with E-state index in [1.54, 1.807) is 6.20 Å². The highest BCUT2D eigenvalue weighted by Gasteiger charge is 2.81. The summed E-state index contributed by atoms with van der Waals surface area (Å²) in [5.41, 5.74) is 0.899. The van der Waals surface area contributed by atoms with Crippen LogP contribution in [0.3, 0.4) is 0 Å². The summed E-state index contributed by atoms with van der Waals surface area (Å²) < 4.78 is 0. The molecule has 2 atom stereocenters.